The van der Waals surface area contributed by atoms with E-state index in [9.17, 15) is 4.79 Å². The summed E-state index contributed by atoms with van der Waals surface area (Å²) in [5.74, 6) is 0.450. The van der Waals surface area contributed by atoms with Gasteiger partial charge in [-0.1, -0.05) is 11.6 Å². The number of piperidine rings is 1. The third-order valence-corrected chi connectivity index (χ3v) is 5.08. The highest BCUT2D eigenvalue weighted by atomic mass is 35.5. The van der Waals surface area contributed by atoms with E-state index in [1.54, 1.807) is 25.3 Å². The molecule has 2 aromatic rings. The van der Waals surface area contributed by atoms with Crippen LogP contribution < -0.4 is 20.3 Å². The second kappa shape index (κ2) is 9.00. The molecule has 1 saturated heterocycles. The lowest BCUT2D eigenvalue weighted by Gasteiger charge is -2.29. The van der Waals surface area contributed by atoms with Gasteiger partial charge in [0.25, 0.3) is 0 Å². The number of methoxy groups -OCH3 is 1. The normalized spacial score (nSPS) is 15.1. The second-order valence-electron chi connectivity index (χ2n) is 6.80. The summed E-state index contributed by atoms with van der Waals surface area (Å²) in [6, 6.07) is 13.1. The minimum Gasteiger partial charge on any atom is -0.495 e. The summed E-state index contributed by atoms with van der Waals surface area (Å²) in [6.07, 6.45) is 3.83. The van der Waals surface area contributed by atoms with Crippen molar-refractivity contribution in [3.8, 4) is 5.75 Å². The minimum atomic E-state index is -0.383. The van der Waals surface area contributed by atoms with Crippen molar-refractivity contribution in [2.45, 2.75) is 32.2 Å². The Morgan fingerprint density at radius 2 is 1.74 bits per heavy atom. The molecule has 1 atom stereocenters. The van der Waals surface area contributed by atoms with Gasteiger partial charge in [0.05, 0.1) is 12.1 Å². The van der Waals surface area contributed by atoms with E-state index in [0.717, 1.165) is 18.8 Å². The fourth-order valence-electron chi connectivity index (χ4n) is 3.23. The van der Waals surface area contributed by atoms with E-state index in [4.69, 9.17) is 16.3 Å². The first-order valence-corrected chi connectivity index (χ1v) is 9.70. The highest BCUT2D eigenvalue weighted by Gasteiger charge is 2.15. The summed E-state index contributed by atoms with van der Waals surface area (Å²) in [4.78, 5) is 14.9. The SMILES string of the molecule is COc1ccc(NC(=O)[C@@H](C)Nc2ccc(N3CCCCC3)cc2)cc1Cl. The molecule has 0 bridgehead atoms. The molecule has 0 radical (unpaired) electrons. The lowest BCUT2D eigenvalue weighted by molar-refractivity contribution is -0.116. The molecule has 6 heteroatoms. The molecule has 2 aromatic carbocycles. The van der Waals surface area contributed by atoms with Gasteiger partial charge in [0.15, 0.2) is 0 Å². The van der Waals surface area contributed by atoms with E-state index in [1.807, 2.05) is 19.1 Å². The molecule has 1 heterocycles. The Labute approximate surface area is 165 Å². The summed E-state index contributed by atoms with van der Waals surface area (Å²) in [5.41, 5.74) is 2.80. The van der Waals surface area contributed by atoms with Gasteiger partial charge in [-0.05, 0) is 68.7 Å². The first-order valence-electron chi connectivity index (χ1n) is 9.33. The van der Waals surface area contributed by atoms with Crippen molar-refractivity contribution in [2.24, 2.45) is 0 Å². The minimum absolute atomic E-state index is 0.128. The quantitative estimate of drug-likeness (QED) is 0.749. The highest BCUT2D eigenvalue weighted by molar-refractivity contribution is 6.32. The molecule has 144 valence electrons. The number of anilines is 3. The maximum atomic E-state index is 12.4. The topological polar surface area (TPSA) is 53.6 Å². The zero-order valence-corrected chi connectivity index (χ0v) is 16.6. The summed E-state index contributed by atoms with van der Waals surface area (Å²) < 4.78 is 5.12. The fraction of sp³-hybridized carbons (Fsp3) is 0.381. The van der Waals surface area contributed by atoms with Gasteiger partial charge in [0, 0.05) is 30.2 Å². The van der Waals surface area contributed by atoms with E-state index in [-0.39, 0.29) is 11.9 Å². The number of benzene rings is 2. The molecular formula is C21H26ClN3O2. The van der Waals surface area contributed by atoms with Crippen LogP contribution in [0.3, 0.4) is 0 Å². The Balaban J connectivity index is 1.56. The average Bonchev–Trinajstić information content (AvgIpc) is 2.69. The molecule has 0 unspecified atom stereocenters. The van der Waals surface area contributed by atoms with E-state index in [0.29, 0.717) is 16.5 Å². The number of hydrogen-bond donors (Lipinski definition) is 2. The molecule has 1 fully saturated rings. The average molecular weight is 388 g/mol. The van der Waals surface area contributed by atoms with Crippen LogP contribution in [0.25, 0.3) is 0 Å². The van der Waals surface area contributed by atoms with Gasteiger partial charge in [-0.2, -0.15) is 0 Å². The molecule has 0 saturated carbocycles. The molecule has 27 heavy (non-hydrogen) atoms. The Hall–Kier alpha value is -2.40. The van der Waals surface area contributed by atoms with Gasteiger partial charge in [0.1, 0.15) is 11.8 Å². The predicted molar refractivity (Wildman–Crippen MR) is 112 cm³/mol. The van der Waals surface area contributed by atoms with Crippen molar-refractivity contribution in [3.63, 3.8) is 0 Å². The molecule has 1 aliphatic rings. The smallest absolute Gasteiger partial charge is 0.246 e. The van der Waals surface area contributed by atoms with Gasteiger partial charge >= 0.3 is 0 Å². The van der Waals surface area contributed by atoms with Crippen molar-refractivity contribution in [2.75, 3.05) is 35.7 Å². The van der Waals surface area contributed by atoms with Crippen LogP contribution in [-0.4, -0.2) is 32.1 Å². The molecule has 3 rings (SSSR count). The van der Waals surface area contributed by atoms with Crippen LogP contribution in [0.15, 0.2) is 42.5 Å². The number of halogens is 1. The Kier molecular flexibility index (Phi) is 6.45. The highest BCUT2D eigenvalue weighted by Crippen LogP contribution is 2.27. The third-order valence-electron chi connectivity index (χ3n) is 4.78. The maximum Gasteiger partial charge on any atom is 0.246 e. The summed E-state index contributed by atoms with van der Waals surface area (Å²) in [7, 11) is 1.56. The van der Waals surface area contributed by atoms with Crippen LogP contribution in [0.4, 0.5) is 17.1 Å². The number of rotatable bonds is 6. The molecule has 0 aromatic heterocycles. The van der Waals surface area contributed by atoms with Gasteiger partial charge in [0.2, 0.25) is 5.91 Å². The third kappa shape index (κ3) is 5.07. The molecule has 0 aliphatic carbocycles. The number of nitrogens with zero attached hydrogens (tertiary/aromatic N) is 1. The van der Waals surface area contributed by atoms with E-state index in [1.165, 1.54) is 24.9 Å². The van der Waals surface area contributed by atoms with Crippen molar-refractivity contribution in [3.05, 3.63) is 47.5 Å². The van der Waals surface area contributed by atoms with Crippen LogP contribution >= 0.6 is 11.6 Å². The number of hydrogen-bond acceptors (Lipinski definition) is 4. The van der Waals surface area contributed by atoms with E-state index < -0.39 is 0 Å². The zero-order valence-electron chi connectivity index (χ0n) is 15.8. The van der Waals surface area contributed by atoms with Crippen LogP contribution in [0, 0.1) is 0 Å². The van der Waals surface area contributed by atoms with Gasteiger partial charge in [-0.3, -0.25) is 4.79 Å². The number of carbonyl (C=O) groups excluding carboxylic acids is 1. The Bertz CT molecular complexity index is 773. The van der Waals surface area contributed by atoms with Crippen LogP contribution in [-0.2, 0) is 4.79 Å². The van der Waals surface area contributed by atoms with Crippen LogP contribution in [0.5, 0.6) is 5.75 Å². The van der Waals surface area contributed by atoms with Crippen molar-refractivity contribution < 1.29 is 9.53 Å². The summed E-state index contributed by atoms with van der Waals surface area (Å²) in [5, 5.41) is 6.57. The summed E-state index contributed by atoms with van der Waals surface area (Å²) in [6.45, 7) is 4.07. The van der Waals surface area contributed by atoms with Gasteiger partial charge in [-0.15, -0.1) is 0 Å². The summed E-state index contributed by atoms with van der Waals surface area (Å²) >= 11 is 6.11. The molecular weight excluding hydrogens is 362 g/mol. The van der Waals surface area contributed by atoms with Crippen LogP contribution in [0.2, 0.25) is 5.02 Å². The first kappa shape index (κ1) is 19.4. The number of nitrogens with one attached hydrogen (secondary N) is 2. The Morgan fingerprint density at radius 1 is 1.07 bits per heavy atom. The monoisotopic (exact) mass is 387 g/mol. The lowest BCUT2D eigenvalue weighted by atomic mass is 10.1. The van der Waals surface area contributed by atoms with Crippen LogP contribution in [0.1, 0.15) is 26.2 Å². The van der Waals surface area contributed by atoms with Crippen molar-refractivity contribution in [1.82, 2.24) is 0 Å². The standard InChI is InChI=1S/C21H26ClN3O2/c1-15(21(26)24-17-8-11-20(27-2)19(22)14-17)23-16-6-9-18(10-7-16)25-12-4-3-5-13-25/h6-11,14-15,23H,3-5,12-13H2,1-2H3,(H,24,26)/t15-/m1/s1. The number of carbonyl (C=O) groups is 1. The number of amides is 1. The zero-order chi connectivity index (χ0) is 19.2. The van der Waals surface area contributed by atoms with Gasteiger partial charge < -0.3 is 20.3 Å². The maximum absolute atomic E-state index is 12.4. The Morgan fingerprint density at radius 3 is 2.37 bits per heavy atom. The predicted octanol–water partition coefficient (Wildman–Crippen LogP) is 4.78. The molecule has 1 aliphatic heterocycles. The van der Waals surface area contributed by atoms with E-state index >= 15 is 0 Å². The second-order valence-corrected chi connectivity index (χ2v) is 7.21. The molecule has 5 nitrogen and oxygen atoms in total. The molecule has 2 N–H and O–H groups in total. The largest absolute Gasteiger partial charge is 0.495 e. The fourth-order valence-corrected chi connectivity index (χ4v) is 3.49. The van der Waals surface area contributed by atoms with Crippen molar-refractivity contribution in [1.29, 1.82) is 0 Å². The molecule has 0 spiro atoms. The number of ether oxygens (including phenoxy) is 1. The first-order chi connectivity index (χ1) is 13.1. The lowest BCUT2D eigenvalue weighted by Crippen LogP contribution is -2.32. The van der Waals surface area contributed by atoms with Gasteiger partial charge in [-0.25, -0.2) is 0 Å². The van der Waals surface area contributed by atoms with Crippen molar-refractivity contribution >= 4 is 34.6 Å². The molecule has 1 amide bonds. The van der Waals surface area contributed by atoms with E-state index in [2.05, 4.69) is 27.7 Å².